The molecule has 1 rings (SSSR count). The maximum Gasteiger partial charge on any atom is 0.220 e. The SMILES string of the molecule is CC(CC(=O)NC(CBr)c1ccccc1)C(C)(C)C. The number of rotatable bonds is 5. The Kier molecular flexibility index (Phi) is 6.05. The Hall–Kier alpha value is -0.830. The van der Waals surface area contributed by atoms with Crippen molar-refractivity contribution in [2.24, 2.45) is 11.3 Å². The lowest BCUT2D eigenvalue weighted by Gasteiger charge is -2.27. The molecule has 106 valence electrons. The molecular formula is C16H24BrNO. The van der Waals surface area contributed by atoms with Crippen molar-refractivity contribution in [3.8, 4) is 0 Å². The molecule has 0 aliphatic carbocycles. The van der Waals surface area contributed by atoms with Crippen LogP contribution in [0.5, 0.6) is 0 Å². The lowest BCUT2D eigenvalue weighted by molar-refractivity contribution is -0.123. The van der Waals surface area contributed by atoms with Crippen molar-refractivity contribution in [1.29, 1.82) is 0 Å². The van der Waals surface area contributed by atoms with Gasteiger partial charge < -0.3 is 5.32 Å². The lowest BCUT2D eigenvalue weighted by Crippen LogP contribution is -2.32. The minimum atomic E-state index is 0.0425. The topological polar surface area (TPSA) is 29.1 Å². The molecule has 19 heavy (non-hydrogen) atoms. The van der Waals surface area contributed by atoms with Gasteiger partial charge in [-0.2, -0.15) is 0 Å². The summed E-state index contributed by atoms with van der Waals surface area (Å²) in [4.78, 5) is 12.1. The zero-order valence-electron chi connectivity index (χ0n) is 12.2. The van der Waals surface area contributed by atoms with E-state index in [1.165, 1.54) is 0 Å². The van der Waals surface area contributed by atoms with Gasteiger partial charge in [0.25, 0.3) is 0 Å². The molecule has 1 aromatic carbocycles. The third-order valence-electron chi connectivity index (χ3n) is 3.66. The second-order valence-corrected chi connectivity index (χ2v) is 6.80. The van der Waals surface area contributed by atoms with Crippen LogP contribution in [-0.4, -0.2) is 11.2 Å². The van der Waals surface area contributed by atoms with Crippen LogP contribution in [0.3, 0.4) is 0 Å². The maximum atomic E-state index is 12.1. The molecule has 1 amide bonds. The first-order chi connectivity index (χ1) is 8.84. The largest absolute Gasteiger partial charge is 0.348 e. The van der Waals surface area contributed by atoms with Crippen molar-refractivity contribution >= 4 is 21.8 Å². The second kappa shape index (κ2) is 7.09. The lowest BCUT2D eigenvalue weighted by atomic mass is 9.80. The predicted molar refractivity (Wildman–Crippen MR) is 84.4 cm³/mol. The summed E-state index contributed by atoms with van der Waals surface area (Å²) >= 11 is 3.47. The van der Waals surface area contributed by atoms with Crippen molar-refractivity contribution in [2.75, 3.05) is 5.33 Å². The molecule has 3 heteroatoms. The van der Waals surface area contributed by atoms with E-state index in [1.54, 1.807) is 0 Å². The van der Waals surface area contributed by atoms with Crippen LogP contribution in [0, 0.1) is 11.3 Å². The molecule has 0 fully saturated rings. The van der Waals surface area contributed by atoms with Crippen LogP contribution in [0.4, 0.5) is 0 Å². The fourth-order valence-electron chi connectivity index (χ4n) is 1.73. The molecule has 0 aliphatic rings. The Morgan fingerprint density at radius 1 is 1.26 bits per heavy atom. The van der Waals surface area contributed by atoms with Gasteiger partial charge in [-0.1, -0.05) is 74.0 Å². The summed E-state index contributed by atoms with van der Waals surface area (Å²) in [5, 5.41) is 3.83. The fraction of sp³-hybridized carbons (Fsp3) is 0.562. The highest BCUT2D eigenvalue weighted by Crippen LogP contribution is 2.28. The van der Waals surface area contributed by atoms with Crippen molar-refractivity contribution in [3.05, 3.63) is 35.9 Å². The van der Waals surface area contributed by atoms with Crippen molar-refractivity contribution in [2.45, 2.75) is 40.2 Å². The van der Waals surface area contributed by atoms with Crippen LogP contribution in [0.15, 0.2) is 30.3 Å². The Labute approximate surface area is 125 Å². The number of hydrogen-bond acceptors (Lipinski definition) is 1. The van der Waals surface area contributed by atoms with Crippen LogP contribution < -0.4 is 5.32 Å². The number of carbonyl (C=O) groups excluding carboxylic acids is 1. The van der Waals surface area contributed by atoms with Crippen LogP contribution in [0.2, 0.25) is 0 Å². The molecule has 0 aromatic heterocycles. The van der Waals surface area contributed by atoms with Gasteiger partial charge >= 0.3 is 0 Å². The third kappa shape index (κ3) is 5.35. The van der Waals surface area contributed by atoms with Crippen molar-refractivity contribution in [3.63, 3.8) is 0 Å². The van der Waals surface area contributed by atoms with E-state index in [-0.39, 0.29) is 17.4 Å². The summed E-state index contributed by atoms with van der Waals surface area (Å²) in [6.07, 6.45) is 0.569. The highest BCUT2D eigenvalue weighted by atomic mass is 79.9. The van der Waals surface area contributed by atoms with Crippen molar-refractivity contribution < 1.29 is 4.79 Å². The summed E-state index contributed by atoms with van der Waals surface area (Å²) in [7, 11) is 0. The molecule has 1 N–H and O–H groups in total. The molecule has 0 saturated carbocycles. The Morgan fingerprint density at radius 2 is 1.84 bits per heavy atom. The van der Waals surface area contributed by atoms with Gasteiger partial charge in [-0.25, -0.2) is 0 Å². The zero-order chi connectivity index (χ0) is 14.5. The van der Waals surface area contributed by atoms with Gasteiger partial charge in [-0.15, -0.1) is 0 Å². The molecule has 0 heterocycles. The monoisotopic (exact) mass is 325 g/mol. The van der Waals surface area contributed by atoms with Crippen LogP contribution >= 0.6 is 15.9 Å². The first kappa shape index (κ1) is 16.2. The van der Waals surface area contributed by atoms with Crippen molar-refractivity contribution in [1.82, 2.24) is 5.32 Å². The number of alkyl halides is 1. The fourth-order valence-corrected chi connectivity index (χ4v) is 2.27. The smallest absolute Gasteiger partial charge is 0.220 e. The second-order valence-electron chi connectivity index (χ2n) is 6.16. The van der Waals surface area contributed by atoms with E-state index >= 15 is 0 Å². The molecule has 2 unspecified atom stereocenters. The quantitative estimate of drug-likeness (QED) is 0.803. The Balaban J connectivity index is 2.60. The van der Waals surface area contributed by atoms with Gasteiger partial charge in [-0.3, -0.25) is 4.79 Å². The van der Waals surface area contributed by atoms with E-state index in [0.717, 1.165) is 10.9 Å². The summed E-state index contributed by atoms with van der Waals surface area (Å²) in [6.45, 7) is 8.64. The minimum absolute atomic E-state index is 0.0425. The number of hydrogen-bond donors (Lipinski definition) is 1. The number of nitrogens with one attached hydrogen (secondary N) is 1. The summed E-state index contributed by atoms with van der Waals surface area (Å²) in [5.41, 5.74) is 1.30. The van der Waals surface area contributed by atoms with Gasteiger partial charge in [0.05, 0.1) is 6.04 Å². The molecular weight excluding hydrogens is 302 g/mol. The van der Waals surface area contributed by atoms with Gasteiger partial charge in [0.15, 0.2) is 0 Å². The highest BCUT2D eigenvalue weighted by Gasteiger charge is 2.23. The predicted octanol–water partition coefficient (Wildman–Crippen LogP) is 4.31. The average Bonchev–Trinajstić information content (AvgIpc) is 2.35. The normalized spacial score (nSPS) is 14.8. The van der Waals surface area contributed by atoms with Gasteiger partial charge in [-0.05, 0) is 16.9 Å². The van der Waals surface area contributed by atoms with E-state index in [2.05, 4.69) is 48.9 Å². The summed E-state index contributed by atoms with van der Waals surface area (Å²) in [6, 6.07) is 10.1. The van der Waals surface area contributed by atoms with E-state index in [4.69, 9.17) is 0 Å². The van der Waals surface area contributed by atoms with Gasteiger partial charge in [0.1, 0.15) is 0 Å². The molecule has 2 nitrogen and oxygen atoms in total. The van der Waals surface area contributed by atoms with Crippen LogP contribution in [0.25, 0.3) is 0 Å². The molecule has 0 aliphatic heterocycles. The van der Waals surface area contributed by atoms with Crippen LogP contribution in [0.1, 0.15) is 45.7 Å². The van der Waals surface area contributed by atoms with E-state index in [0.29, 0.717) is 12.3 Å². The highest BCUT2D eigenvalue weighted by molar-refractivity contribution is 9.09. The molecule has 0 saturated heterocycles. The van der Waals surface area contributed by atoms with Crippen LogP contribution in [-0.2, 0) is 4.79 Å². The van der Waals surface area contributed by atoms with E-state index in [1.807, 2.05) is 30.3 Å². The summed E-state index contributed by atoms with van der Waals surface area (Å²) in [5.74, 6) is 0.481. The number of halogens is 1. The maximum absolute atomic E-state index is 12.1. The Morgan fingerprint density at radius 3 is 2.32 bits per heavy atom. The molecule has 0 radical (unpaired) electrons. The minimum Gasteiger partial charge on any atom is -0.348 e. The molecule has 0 spiro atoms. The van der Waals surface area contributed by atoms with Gasteiger partial charge in [0, 0.05) is 11.8 Å². The first-order valence-corrected chi connectivity index (χ1v) is 7.87. The van der Waals surface area contributed by atoms with E-state index < -0.39 is 0 Å². The average molecular weight is 326 g/mol. The molecule has 2 atom stereocenters. The molecule has 0 bridgehead atoms. The number of benzene rings is 1. The first-order valence-electron chi connectivity index (χ1n) is 6.75. The third-order valence-corrected chi connectivity index (χ3v) is 4.31. The zero-order valence-corrected chi connectivity index (χ0v) is 13.8. The van der Waals surface area contributed by atoms with Gasteiger partial charge in [0.2, 0.25) is 5.91 Å². The van der Waals surface area contributed by atoms with E-state index in [9.17, 15) is 4.79 Å². The Bertz CT molecular complexity index is 397. The standard InChI is InChI=1S/C16H24BrNO/c1-12(16(2,3)4)10-15(19)18-14(11-17)13-8-6-5-7-9-13/h5-9,12,14H,10-11H2,1-4H3,(H,18,19). The summed E-state index contributed by atoms with van der Waals surface area (Å²) < 4.78 is 0. The molecule has 1 aromatic rings. The number of amides is 1. The number of carbonyl (C=O) groups is 1.